The van der Waals surface area contributed by atoms with E-state index in [0.29, 0.717) is 5.56 Å². The molecule has 2 aromatic rings. The van der Waals surface area contributed by atoms with Crippen LogP contribution in [0.1, 0.15) is 24.0 Å². The van der Waals surface area contributed by atoms with Crippen molar-refractivity contribution in [1.82, 2.24) is 0 Å². The molecular weight excluding hydrogens is 216 g/mol. The van der Waals surface area contributed by atoms with Gasteiger partial charge in [0.1, 0.15) is 17.2 Å². The molecule has 2 aromatic carbocycles. The molecule has 17 heavy (non-hydrogen) atoms. The summed E-state index contributed by atoms with van der Waals surface area (Å²) in [5.74, 6) is 0.204. The summed E-state index contributed by atoms with van der Waals surface area (Å²) in [6.45, 7) is 1.89. The molecule has 0 amide bonds. The zero-order chi connectivity index (χ0) is 12.4. The molecule has 1 atom stereocenters. The van der Waals surface area contributed by atoms with Gasteiger partial charge in [-0.05, 0) is 29.8 Å². The maximum atomic E-state index is 9.77. The van der Waals surface area contributed by atoms with Crippen LogP contribution in [-0.4, -0.2) is 15.3 Å². The lowest BCUT2D eigenvalue weighted by molar-refractivity contribution is 0.435. The number of phenols is 3. The molecule has 1 unspecified atom stereocenters. The van der Waals surface area contributed by atoms with Crippen molar-refractivity contribution < 1.29 is 15.3 Å². The van der Waals surface area contributed by atoms with Gasteiger partial charge in [0.25, 0.3) is 0 Å². The topological polar surface area (TPSA) is 60.7 Å². The van der Waals surface area contributed by atoms with Gasteiger partial charge in [-0.15, -0.1) is 0 Å². The second-order valence-electron chi connectivity index (χ2n) is 4.02. The van der Waals surface area contributed by atoms with Crippen molar-refractivity contribution in [2.45, 2.75) is 12.8 Å². The van der Waals surface area contributed by atoms with E-state index in [9.17, 15) is 15.3 Å². The van der Waals surface area contributed by atoms with Gasteiger partial charge in [0, 0.05) is 11.5 Å². The van der Waals surface area contributed by atoms with Crippen LogP contribution in [-0.2, 0) is 0 Å². The maximum absolute atomic E-state index is 9.77. The van der Waals surface area contributed by atoms with Crippen LogP contribution in [0.25, 0.3) is 0 Å². The summed E-state index contributed by atoms with van der Waals surface area (Å²) in [6, 6.07) is 11.4. The fourth-order valence-electron chi connectivity index (χ4n) is 1.91. The molecule has 3 nitrogen and oxygen atoms in total. The zero-order valence-electron chi connectivity index (χ0n) is 9.46. The summed E-state index contributed by atoms with van der Waals surface area (Å²) in [7, 11) is 0. The van der Waals surface area contributed by atoms with Crippen molar-refractivity contribution in [3.05, 3.63) is 53.6 Å². The van der Waals surface area contributed by atoms with Crippen molar-refractivity contribution in [2.24, 2.45) is 0 Å². The highest BCUT2D eigenvalue weighted by Gasteiger charge is 2.16. The lowest BCUT2D eigenvalue weighted by Gasteiger charge is -2.15. The van der Waals surface area contributed by atoms with Crippen LogP contribution in [0.2, 0.25) is 0 Å². The standard InChI is InChI=1S/C14H14O3/c1-9(10-5-7-11(15)8-6-10)14-12(16)3-2-4-13(14)17/h2-9,15-17H,1H3. The Bertz CT molecular complexity index is 497. The molecule has 0 spiro atoms. The van der Waals surface area contributed by atoms with E-state index in [4.69, 9.17) is 0 Å². The molecule has 0 fully saturated rings. The van der Waals surface area contributed by atoms with E-state index in [1.54, 1.807) is 42.5 Å². The molecule has 0 heterocycles. The van der Waals surface area contributed by atoms with Gasteiger partial charge in [0.2, 0.25) is 0 Å². The monoisotopic (exact) mass is 230 g/mol. The average molecular weight is 230 g/mol. The Morgan fingerprint density at radius 2 is 1.35 bits per heavy atom. The Labute approximate surface area is 99.6 Å². The van der Waals surface area contributed by atoms with Crippen LogP contribution < -0.4 is 0 Å². The van der Waals surface area contributed by atoms with Crippen molar-refractivity contribution in [3.63, 3.8) is 0 Å². The van der Waals surface area contributed by atoms with Gasteiger partial charge in [-0.2, -0.15) is 0 Å². The summed E-state index contributed by atoms with van der Waals surface area (Å²) in [4.78, 5) is 0. The summed E-state index contributed by atoms with van der Waals surface area (Å²) >= 11 is 0. The number of hydrogen-bond acceptors (Lipinski definition) is 3. The average Bonchev–Trinajstić information content (AvgIpc) is 2.29. The summed E-state index contributed by atoms with van der Waals surface area (Å²) in [6.07, 6.45) is 0. The summed E-state index contributed by atoms with van der Waals surface area (Å²) in [5, 5.41) is 28.8. The normalized spacial score (nSPS) is 12.3. The van der Waals surface area contributed by atoms with Gasteiger partial charge >= 0.3 is 0 Å². The Kier molecular flexibility index (Phi) is 2.91. The molecule has 0 bridgehead atoms. The highest BCUT2D eigenvalue weighted by Crippen LogP contribution is 2.37. The second-order valence-corrected chi connectivity index (χ2v) is 4.02. The SMILES string of the molecule is CC(c1ccc(O)cc1)c1c(O)cccc1O. The molecule has 3 heteroatoms. The first-order valence-corrected chi connectivity index (χ1v) is 5.39. The van der Waals surface area contributed by atoms with Crippen molar-refractivity contribution in [2.75, 3.05) is 0 Å². The van der Waals surface area contributed by atoms with Crippen LogP contribution in [0.5, 0.6) is 17.2 Å². The first-order valence-electron chi connectivity index (χ1n) is 5.39. The van der Waals surface area contributed by atoms with Crippen LogP contribution in [0.3, 0.4) is 0 Å². The van der Waals surface area contributed by atoms with Crippen LogP contribution in [0.15, 0.2) is 42.5 Å². The first kappa shape index (κ1) is 11.3. The quantitative estimate of drug-likeness (QED) is 0.743. The number of aromatic hydroxyl groups is 3. The molecule has 0 saturated heterocycles. The molecule has 0 saturated carbocycles. The van der Waals surface area contributed by atoms with Crippen molar-refractivity contribution in [3.8, 4) is 17.2 Å². The third-order valence-corrected chi connectivity index (χ3v) is 2.89. The van der Waals surface area contributed by atoms with Gasteiger partial charge < -0.3 is 15.3 Å². The number of benzene rings is 2. The van der Waals surface area contributed by atoms with Gasteiger partial charge in [-0.1, -0.05) is 25.1 Å². The number of hydrogen-bond donors (Lipinski definition) is 3. The van der Waals surface area contributed by atoms with Crippen LogP contribution >= 0.6 is 0 Å². The van der Waals surface area contributed by atoms with E-state index in [2.05, 4.69) is 0 Å². The highest BCUT2D eigenvalue weighted by atomic mass is 16.3. The highest BCUT2D eigenvalue weighted by molar-refractivity contribution is 5.49. The van der Waals surface area contributed by atoms with E-state index < -0.39 is 0 Å². The maximum Gasteiger partial charge on any atom is 0.123 e. The van der Waals surface area contributed by atoms with Crippen molar-refractivity contribution >= 4 is 0 Å². The molecule has 0 aliphatic heterocycles. The molecular formula is C14H14O3. The first-order chi connectivity index (χ1) is 8.09. The van der Waals surface area contributed by atoms with Gasteiger partial charge in [0.05, 0.1) is 0 Å². The lowest BCUT2D eigenvalue weighted by Crippen LogP contribution is -1.96. The number of phenolic OH excluding ortho intramolecular Hbond substituents is 3. The zero-order valence-corrected chi connectivity index (χ0v) is 9.46. The third-order valence-electron chi connectivity index (χ3n) is 2.89. The Morgan fingerprint density at radius 3 is 1.88 bits per heavy atom. The van der Waals surface area contributed by atoms with Gasteiger partial charge in [-0.25, -0.2) is 0 Å². The van der Waals surface area contributed by atoms with Gasteiger partial charge in [0.15, 0.2) is 0 Å². The van der Waals surface area contributed by atoms with E-state index >= 15 is 0 Å². The fraction of sp³-hybridized carbons (Fsp3) is 0.143. The van der Waals surface area contributed by atoms with E-state index in [1.807, 2.05) is 6.92 Å². The minimum absolute atomic E-state index is 0.0746. The van der Waals surface area contributed by atoms with E-state index in [-0.39, 0.29) is 23.2 Å². The molecule has 0 aromatic heterocycles. The minimum Gasteiger partial charge on any atom is -0.508 e. The minimum atomic E-state index is -0.142. The van der Waals surface area contributed by atoms with Crippen LogP contribution in [0, 0.1) is 0 Å². The van der Waals surface area contributed by atoms with E-state index in [0.717, 1.165) is 5.56 Å². The molecule has 0 aliphatic carbocycles. The smallest absolute Gasteiger partial charge is 0.123 e. The predicted octanol–water partition coefficient (Wildman–Crippen LogP) is 2.96. The van der Waals surface area contributed by atoms with Crippen LogP contribution in [0.4, 0.5) is 0 Å². The molecule has 2 rings (SSSR count). The molecule has 0 aliphatic rings. The molecule has 3 N–H and O–H groups in total. The lowest BCUT2D eigenvalue weighted by atomic mass is 9.91. The largest absolute Gasteiger partial charge is 0.508 e. The van der Waals surface area contributed by atoms with E-state index in [1.165, 1.54) is 0 Å². The summed E-state index contributed by atoms with van der Waals surface area (Å²) in [5.41, 5.74) is 1.41. The second kappa shape index (κ2) is 4.37. The van der Waals surface area contributed by atoms with Gasteiger partial charge in [-0.3, -0.25) is 0 Å². The molecule has 0 radical (unpaired) electrons. The fourth-order valence-corrected chi connectivity index (χ4v) is 1.91. The van der Waals surface area contributed by atoms with Crippen molar-refractivity contribution in [1.29, 1.82) is 0 Å². The molecule has 88 valence electrons. The Morgan fingerprint density at radius 1 is 0.824 bits per heavy atom. The Balaban J connectivity index is 2.43. The Hall–Kier alpha value is -2.16. The third kappa shape index (κ3) is 2.18. The number of rotatable bonds is 2. The summed E-state index contributed by atoms with van der Waals surface area (Å²) < 4.78 is 0. The predicted molar refractivity (Wildman–Crippen MR) is 65.4 cm³/mol.